The Morgan fingerprint density at radius 2 is 1.78 bits per heavy atom. The van der Waals surface area contributed by atoms with Crippen molar-refractivity contribution < 1.29 is 10.8 Å². The molecule has 0 amide bonds. The van der Waals surface area contributed by atoms with Crippen LogP contribution >= 0.6 is 11.6 Å². The van der Waals surface area contributed by atoms with Gasteiger partial charge in [-0.05, 0) is 36.5 Å². The van der Waals surface area contributed by atoms with Crippen molar-refractivity contribution in [2.75, 3.05) is 0 Å². The van der Waals surface area contributed by atoms with Crippen molar-refractivity contribution in [1.29, 1.82) is 0 Å². The van der Waals surface area contributed by atoms with Gasteiger partial charge in [0.1, 0.15) is 12.1 Å². The first kappa shape index (κ1) is 13.9. The lowest BCUT2D eigenvalue weighted by Crippen LogP contribution is -2.77. The number of halogens is 1. The molecule has 2 rings (SSSR count). The molecule has 0 saturated heterocycles. The summed E-state index contributed by atoms with van der Waals surface area (Å²) in [7, 11) is 0. The maximum Gasteiger partial charge on any atom is 0.121 e. The van der Waals surface area contributed by atoms with Crippen molar-refractivity contribution in [2.45, 2.75) is 50.7 Å². The predicted octanol–water partition coefficient (Wildman–Crippen LogP) is 2.39. The molecule has 1 aliphatic carbocycles. The highest BCUT2D eigenvalue weighted by Gasteiger charge is 2.49. The monoisotopic (exact) mass is 268 g/mol. The summed E-state index contributed by atoms with van der Waals surface area (Å²) >= 11 is 5.95. The zero-order chi connectivity index (χ0) is 13.3. The van der Waals surface area contributed by atoms with Crippen LogP contribution in [0, 0.1) is 5.92 Å². The summed E-state index contributed by atoms with van der Waals surface area (Å²) in [5, 5.41) is 11.1. The number of benzene rings is 1. The van der Waals surface area contributed by atoms with Gasteiger partial charge < -0.3 is 10.8 Å². The van der Waals surface area contributed by atoms with Crippen LogP contribution in [0.15, 0.2) is 24.3 Å². The van der Waals surface area contributed by atoms with E-state index in [0.717, 1.165) is 17.9 Å². The summed E-state index contributed by atoms with van der Waals surface area (Å²) in [5.41, 5.74) is 5.59. The molecule has 1 saturated carbocycles. The normalized spacial score (nSPS) is 21.4. The van der Waals surface area contributed by atoms with Gasteiger partial charge in [0.25, 0.3) is 0 Å². The largest absolute Gasteiger partial charge is 0.387 e. The van der Waals surface area contributed by atoms with E-state index in [9.17, 15) is 5.11 Å². The van der Waals surface area contributed by atoms with Crippen molar-refractivity contribution in [3.63, 3.8) is 0 Å². The second-order valence-electron chi connectivity index (χ2n) is 5.86. The molecule has 1 fully saturated rings. The molecule has 4 N–H and O–H groups in total. The van der Waals surface area contributed by atoms with Gasteiger partial charge >= 0.3 is 0 Å². The number of aliphatic hydroxyl groups is 1. The van der Waals surface area contributed by atoms with Gasteiger partial charge in [-0.3, -0.25) is 0 Å². The first-order valence-corrected chi connectivity index (χ1v) is 7.12. The lowest BCUT2D eigenvalue weighted by Gasteiger charge is -2.46. The molecule has 0 heterocycles. The van der Waals surface area contributed by atoms with Crippen LogP contribution in [0.2, 0.25) is 5.02 Å². The smallest absolute Gasteiger partial charge is 0.121 e. The highest BCUT2D eigenvalue weighted by atomic mass is 35.5. The van der Waals surface area contributed by atoms with E-state index in [1.54, 1.807) is 0 Å². The topological polar surface area (TPSA) is 47.9 Å². The molecule has 18 heavy (non-hydrogen) atoms. The lowest BCUT2D eigenvalue weighted by molar-refractivity contribution is -0.463. The molecule has 0 bridgehead atoms. The number of quaternary nitrogens is 1. The summed E-state index contributed by atoms with van der Waals surface area (Å²) in [6.07, 6.45) is 3.11. The molecule has 2 nitrogen and oxygen atoms in total. The third-order valence-electron chi connectivity index (χ3n) is 4.47. The molecular formula is C15H23ClNO+. The minimum atomic E-state index is -0.346. The Kier molecular flexibility index (Phi) is 4.00. The SMILES string of the molecule is CC(C)[C@H](O)[C@@H]([NH3+])C1(c2ccc(Cl)cc2)CCC1. The summed E-state index contributed by atoms with van der Waals surface area (Å²) in [4.78, 5) is 0. The summed E-state index contributed by atoms with van der Waals surface area (Å²) in [6.45, 7) is 4.11. The van der Waals surface area contributed by atoms with Crippen molar-refractivity contribution in [1.82, 2.24) is 0 Å². The number of aliphatic hydroxyl groups excluding tert-OH is 1. The Balaban J connectivity index is 2.28. The van der Waals surface area contributed by atoms with Crippen LogP contribution in [0.5, 0.6) is 0 Å². The molecule has 100 valence electrons. The van der Waals surface area contributed by atoms with Crippen LogP contribution in [-0.4, -0.2) is 17.3 Å². The Bertz CT molecular complexity index is 397. The van der Waals surface area contributed by atoms with Crippen LogP contribution in [-0.2, 0) is 5.41 Å². The predicted molar refractivity (Wildman–Crippen MR) is 74.5 cm³/mol. The van der Waals surface area contributed by atoms with E-state index < -0.39 is 0 Å². The Morgan fingerprint density at radius 3 is 2.17 bits per heavy atom. The van der Waals surface area contributed by atoms with Crippen molar-refractivity contribution in [3.8, 4) is 0 Å². The first-order chi connectivity index (χ1) is 8.47. The summed E-state index contributed by atoms with van der Waals surface area (Å²) in [6, 6.07) is 8.10. The number of rotatable bonds is 4. The number of hydrogen-bond acceptors (Lipinski definition) is 1. The second kappa shape index (κ2) is 5.20. The van der Waals surface area contributed by atoms with Crippen LogP contribution < -0.4 is 5.73 Å². The molecular weight excluding hydrogens is 246 g/mol. The fourth-order valence-electron chi connectivity index (χ4n) is 3.00. The zero-order valence-corrected chi connectivity index (χ0v) is 12.0. The van der Waals surface area contributed by atoms with E-state index in [1.807, 2.05) is 12.1 Å². The Hall–Kier alpha value is -0.570. The molecule has 0 spiro atoms. The fourth-order valence-corrected chi connectivity index (χ4v) is 3.13. The Morgan fingerprint density at radius 1 is 1.22 bits per heavy atom. The molecule has 3 heteroatoms. The van der Waals surface area contributed by atoms with Gasteiger partial charge in [-0.2, -0.15) is 0 Å². The van der Waals surface area contributed by atoms with E-state index in [-0.39, 0.29) is 23.5 Å². The van der Waals surface area contributed by atoms with Gasteiger partial charge in [-0.25, -0.2) is 0 Å². The summed E-state index contributed by atoms with van der Waals surface area (Å²) < 4.78 is 0. The molecule has 0 aromatic heterocycles. The van der Waals surface area contributed by atoms with Crippen molar-refractivity contribution in [3.05, 3.63) is 34.9 Å². The second-order valence-corrected chi connectivity index (χ2v) is 6.29. The average Bonchev–Trinajstić information content (AvgIpc) is 2.28. The van der Waals surface area contributed by atoms with Gasteiger partial charge in [-0.15, -0.1) is 0 Å². The minimum absolute atomic E-state index is 0.0485. The van der Waals surface area contributed by atoms with E-state index in [1.165, 1.54) is 12.0 Å². The third kappa shape index (κ3) is 2.29. The van der Waals surface area contributed by atoms with Crippen LogP contribution in [0.3, 0.4) is 0 Å². The standard InChI is InChI=1S/C15H22ClNO/c1-10(2)13(18)14(17)15(8-3-9-15)11-4-6-12(16)7-5-11/h4-7,10,13-14,18H,3,8-9,17H2,1-2H3/p+1/t13-,14+/m0/s1. The third-order valence-corrected chi connectivity index (χ3v) is 4.72. The minimum Gasteiger partial charge on any atom is -0.387 e. The van der Waals surface area contributed by atoms with Gasteiger partial charge in [0, 0.05) is 10.4 Å². The molecule has 2 atom stereocenters. The van der Waals surface area contributed by atoms with Crippen molar-refractivity contribution >= 4 is 11.6 Å². The maximum atomic E-state index is 10.3. The zero-order valence-electron chi connectivity index (χ0n) is 11.2. The Labute approximate surface area is 114 Å². The van der Waals surface area contributed by atoms with E-state index >= 15 is 0 Å². The van der Waals surface area contributed by atoms with Gasteiger partial charge in [0.15, 0.2) is 0 Å². The fraction of sp³-hybridized carbons (Fsp3) is 0.600. The highest BCUT2D eigenvalue weighted by Crippen LogP contribution is 2.46. The van der Waals surface area contributed by atoms with Gasteiger partial charge in [-0.1, -0.05) is 44.0 Å². The average molecular weight is 269 g/mol. The lowest BCUT2D eigenvalue weighted by atomic mass is 9.58. The number of hydrogen-bond donors (Lipinski definition) is 2. The molecule has 0 aliphatic heterocycles. The highest BCUT2D eigenvalue weighted by molar-refractivity contribution is 6.30. The van der Waals surface area contributed by atoms with Crippen LogP contribution in [0.4, 0.5) is 0 Å². The molecule has 1 aromatic rings. The van der Waals surface area contributed by atoms with E-state index in [2.05, 4.69) is 31.7 Å². The maximum absolute atomic E-state index is 10.3. The molecule has 1 aliphatic rings. The van der Waals surface area contributed by atoms with Gasteiger partial charge in [0.2, 0.25) is 0 Å². The first-order valence-electron chi connectivity index (χ1n) is 6.74. The van der Waals surface area contributed by atoms with E-state index in [4.69, 9.17) is 11.6 Å². The van der Waals surface area contributed by atoms with Gasteiger partial charge in [0.05, 0.1) is 0 Å². The molecule has 0 radical (unpaired) electrons. The van der Waals surface area contributed by atoms with E-state index in [0.29, 0.717) is 0 Å². The van der Waals surface area contributed by atoms with Crippen LogP contribution in [0.25, 0.3) is 0 Å². The summed E-state index contributed by atoms with van der Waals surface area (Å²) in [5.74, 6) is 0.247. The van der Waals surface area contributed by atoms with Crippen molar-refractivity contribution in [2.24, 2.45) is 5.92 Å². The molecule has 1 aromatic carbocycles. The quantitative estimate of drug-likeness (QED) is 0.866. The van der Waals surface area contributed by atoms with Crippen LogP contribution in [0.1, 0.15) is 38.7 Å². The molecule has 0 unspecified atom stereocenters.